The van der Waals surface area contributed by atoms with Gasteiger partial charge in [-0.15, -0.1) is 23.2 Å². The number of hydrogen-bond acceptors (Lipinski definition) is 4. The molecule has 0 heterocycles. The summed E-state index contributed by atoms with van der Waals surface area (Å²) in [6.07, 6.45) is -0.633. The topological polar surface area (TPSA) is 52.6 Å². The molecule has 0 aliphatic heterocycles. The Hall–Kier alpha value is 0.680. The van der Waals surface area contributed by atoms with E-state index in [2.05, 4.69) is 9.47 Å². The van der Waals surface area contributed by atoms with Crippen molar-refractivity contribution in [1.82, 2.24) is 0 Å². The number of ether oxygens (including phenoxy) is 2. The molecule has 0 aromatic heterocycles. The smallest absolute Gasteiger partial charge is 0.309 e. The molecule has 0 aromatic carbocycles. The molecule has 0 aliphatic carbocycles. The van der Waals surface area contributed by atoms with Crippen molar-refractivity contribution in [1.29, 1.82) is 0 Å². The molecular weight excluding hydrogens is 373 g/mol. The van der Waals surface area contributed by atoms with Crippen LogP contribution in [0.4, 0.5) is 0 Å². The average molecular weight is 381 g/mol. The number of halogens is 6. The molecule has 10 heteroatoms. The maximum atomic E-state index is 11.2. The summed E-state index contributed by atoms with van der Waals surface area (Å²) in [5, 5.41) is 0. The number of rotatable bonds is 7. The summed E-state index contributed by atoms with van der Waals surface area (Å²) in [4.78, 5) is 22.4. The van der Waals surface area contributed by atoms with E-state index in [1.807, 2.05) is 0 Å². The van der Waals surface area contributed by atoms with E-state index in [0.717, 1.165) is 0 Å². The van der Waals surface area contributed by atoms with Crippen LogP contribution in [0.1, 0.15) is 12.8 Å². The van der Waals surface area contributed by atoms with E-state index in [0.29, 0.717) is 0 Å². The molecule has 0 saturated heterocycles. The second-order valence-electron chi connectivity index (χ2n) is 2.99. The van der Waals surface area contributed by atoms with Gasteiger partial charge in [0.25, 0.3) is 9.04 Å². The first-order chi connectivity index (χ1) is 8.12. The van der Waals surface area contributed by atoms with Gasteiger partial charge in [0.05, 0.1) is 24.6 Å². The van der Waals surface area contributed by atoms with Crippen LogP contribution in [0, 0.1) is 0 Å². The van der Waals surface area contributed by atoms with Gasteiger partial charge >= 0.3 is 11.9 Å². The highest BCUT2D eigenvalue weighted by molar-refractivity contribution is 6.51. The van der Waals surface area contributed by atoms with Crippen molar-refractivity contribution in [3.05, 3.63) is 0 Å². The van der Waals surface area contributed by atoms with Gasteiger partial charge in [0, 0.05) is 0 Å². The lowest BCUT2D eigenvalue weighted by Gasteiger charge is -2.18. The summed E-state index contributed by atoms with van der Waals surface area (Å²) < 4.78 is 5.44. The van der Waals surface area contributed by atoms with Gasteiger partial charge in [-0.25, -0.2) is 0 Å². The first-order valence-corrected chi connectivity index (χ1v) is 7.01. The Morgan fingerprint density at radius 1 is 0.778 bits per heavy atom. The molecule has 0 N–H and O–H groups in total. The van der Waals surface area contributed by atoms with Crippen LogP contribution >= 0.6 is 69.6 Å². The lowest BCUT2D eigenvalue weighted by Crippen LogP contribution is -2.27. The Morgan fingerprint density at radius 3 is 1.28 bits per heavy atom. The fourth-order valence-corrected chi connectivity index (χ4v) is 1.15. The largest absolute Gasteiger partial charge is 0.427 e. The van der Waals surface area contributed by atoms with Gasteiger partial charge in [-0.3, -0.25) is 9.59 Å². The Balaban J connectivity index is 4.04. The number of alkyl halides is 6. The molecule has 0 rings (SSSR count). The van der Waals surface area contributed by atoms with E-state index >= 15 is 0 Å². The molecule has 0 atom stereocenters. The van der Waals surface area contributed by atoms with Crippen LogP contribution in [0.25, 0.3) is 0 Å². The second kappa shape index (κ2) is 8.08. The highest BCUT2D eigenvalue weighted by Gasteiger charge is 2.30. The maximum absolute atomic E-state index is 11.2. The molecular formula is C8H8Cl6O4. The van der Waals surface area contributed by atoms with Crippen LogP contribution in [-0.2, 0) is 19.1 Å². The third-order valence-corrected chi connectivity index (χ3v) is 3.51. The molecule has 106 valence electrons. The number of carbonyl (C=O) groups is 2. The van der Waals surface area contributed by atoms with Crippen molar-refractivity contribution in [2.45, 2.75) is 21.9 Å². The zero-order valence-electron chi connectivity index (χ0n) is 8.73. The molecule has 4 nitrogen and oxygen atoms in total. The van der Waals surface area contributed by atoms with Crippen molar-refractivity contribution < 1.29 is 19.1 Å². The average Bonchev–Trinajstić information content (AvgIpc) is 2.25. The predicted molar refractivity (Wildman–Crippen MR) is 71.7 cm³/mol. The van der Waals surface area contributed by atoms with Gasteiger partial charge in [-0.1, -0.05) is 46.4 Å². The zero-order chi connectivity index (χ0) is 14.4. The van der Waals surface area contributed by atoms with Crippen LogP contribution in [0.2, 0.25) is 0 Å². The monoisotopic (exact) mass is 378 g/mol. The number of hydrogen-bond donors (Lipinski definition) is 0. The summed E-state index contributed by atoms with van der Waals surface area (Å²) in [7, 11) is 0. The second-order valence-corrected chi connectivity index (χ2v) is 6.35. The van der Waals surface area contributed by atoms with E-state index in [1.165, 1.54) is 0 Å². The standard InChI is InChI=1S/C8H8Cl6O4/c9-3-7(11,12)17-5(15)1-2-6(16)18-8(13,14)4-10/h1-4H2. The lowest BCUT2D eigenvalue weighted by atomic mass is 10.3. The van der Waals surface area contributed by atoms with Crippen molar-refractivity contribution in [2.75, 3.05) is 11.8 Å². The minimum atomic E-state index is -1.83. The van der Waals surface area contributed by atoms with Crippen molar-refractivity contribution >= 4 is 81.5 Å². The van der Waals surface area contributed by atoms with Crippen LogP contribution in [0.3, 0.4) is 0 Å². The Morgan fingerprint density at radius 2 is 1.06 bits per heavy atom. The first kappa shape index (κ1) is 18.7. The Bertz CT molecular complexity index is 276. The Labute approximate surface area is 134 Å². The van der Waals surface area contributed by atoms with E-state index in [4.69, 9.17) is 69.6 Å². The third-order valence-electron chi connectivity index (χ3n) is 1.37. The van der Waals surface area contributed by atoms with Crippen LogP contribution < -0.4 is 0 Å². The molecule has 0 saturated carbocycles. The SMILES string of the molecule is O=C(CCC(=O)OC(Cl)(Cl)CCl)OC(Cl)(Cl)CCl. The van der Waals surface area contributed by atoms with Gasteiger partial charge in [0.1, 0.15) is 0 Å². The van der Waals surface area contributed by atoms with Gasteiger partial charge < -0.3 is 9.47 Å². The fourth-order valence-electron chi connectivity index (χ4n) is 0.694. The quantitative estimate of drug-likeness (QED) is 0.500. The van der Waals surface area contributed by atoms with E-state index in [1.54, 1.807) is 0 Å². The summed E-state index contributed by atoms with van der Waals surface area (Å²) in [6.45, 7) is 0. The van der Waals surface area contributed by atoms with Crippen LogP contribution in [-0.4, -0.2) is 32.7 Å². The molecule has 0 aliphatic rings. The van der Waals surface area contributed by atoms with Crippen molar-refractivity contribution in [2.24, 2.45) is 0 Å². The molecule has 0 aromatic rings. The first-order valence-electron chi connectivity index (χ1n) is 4.43. The highest BCUT2D eigenvalue weighted by Crippen LogP contribution is 2.26. The van der Waals surface area contributed by atoms with Gasteiger partial charge in [-0.05, 0) is 0 Å². The van der Waals surface area contributed by atoms with Crippen LogP contribution in [0.15, 0.2) is 0 Å². The normalized spacial score (nSPS) is 12.1. The maximum Gasteiger partial charge on any atom is 0.309 e. The van der Waals surface area contributed by atoms with Gasteiger partial charge in [0.15, 0.2) is 0 Å². The summed E-state index contributed by atoms with van der Waals surface area (Å²) in [5.74, 6) is -2.27. The molecule has 0 bridgehead atoms. The van der Waals surface area contributed by atoms with E-state index in [-0.39, 0.29) is 24.6 Å². The Kier molecular flexibility index (Phi) is 8.38. The summed E-state index contributed by atoms with van der Waals surface area (Å²) in [5.41, 5.74) is 0. The summed E-state index contributed by atoms with van der Waals surface area (Å²) in [6, 6.07) is 0. The molecule has 18 heavy (non-hydrogen) atoms. The minimum Gasteiger partial charge on any atom is -0.427 e. The van der Waals surface area contributed by atoms with E-state index < -0.39 is 21.0 Å². The molecule has 0 spiro atoms. The summed E-state index contributed by atoms with van der Waals surface area (Å²) >= 11 is 32.5. The van der Waals surface area contributed by atoms with E-state index in [9.17, 15) is 9.59 Å². The van der Waals surface area contributed by atoms with Gasteiger partial charge in [0.2, 0.25) is 0 Å². The molecule has 0 fully saturated rings. The third kappa shape index (κ3) is 8.73. The molecule has 0 radical (unpaired) electrons. The minimum absolute atomic E-state index is 0.314. The molecule has 0 amide bonds. The van der Waals surface area contributed by atoms with Crippen molar-refractivity contribution in [3.63, 3.8) is 0 Å². The fraction of sp³-hybridized carbons (Fsp3) is 0.750. The zero-order valence-corrected chi connectivity index (χ0v) is 13.3. The van der Waals surface area contributed by atoms with Gasteiger partial charge in [-0.2, -0.15) is 0 Å². The predicted octanol–water partition coefficient (Wildman–Crippen LogP) is 3.59. The van der Waals surface area contributed by atoms with Crippen LogP contribution in [0.5, 0.6) is 0 Å². The highest BCUT2D eigenvalue weighted by atomic mass is 35.5. The molecule has 0 unspecified atom stereocenters. The number of esters is 2. The number of carbonyl (C=O) groups excluding carboxylic acids is 2. The van der Waals surface area contributed by atoms with Crippen molar-refractivity contribution in [3.8, 4) is 0 Å². The lowest BCUT2D eigenvalue weighted by molar-refractivity contribution is -0.153.